The quantitative estimate of drug-likeness (QED) is 0.734. The zero-order valence-electron chi connectivity index (χ0n) is 11.1. The van der Waals surface area contributed by atoms with Crippen LogP contribution in [0.2, 0.25) is 0 Å². The van der Waals surface area contributed by atoms with Gasteiger partial charge in [-0.1, -0.05) is 30.7 Å². The summed E-state index contributed by atoms with van der Waals surface area (Å²) in [7, 11) is 0. The van der Waals surface area contributed by atoms with E-state index in [0.717, 1.165) is 31.2 Å². The van der Waals surface area contributed by atoms with Gasteiger partial charge < -0.3 is 5.11 Å². The summed E-state index contributed by atoms with van der Waals surface area (Å²) in [5.41, 5.74) is 1.78. The first kappa shape index (κ1) is 13.8. The summed E-state index contributed by atoms with van der Waals surface area (Å²) < 4.78 is 0. The van der Waals surface area contributed by atoms with Gasteiger partial charge in [-0.05, 0) is 57.7 Å². The molecule has 1 nitrogen and oxygen atoms in total. The highest BCUT2D eigenvalue weighted by molar-refractivity contribution is 5.47. The van der Waals surface area contributed by atoms with Gasteiger partial charge in [0, 0.05) is 5.56 Å². The Morgan fingerprint density at radius 2 is 2.12 bits per heavy atom. The van der Waals surface area contributed by atoms with E-state index in [1.54, 1.807) is 0 Å². The molecule has 1 N–H and O–H groups in total. The van der Waals surface area contributed by atoms with E-state index < -0.39 is 5.60 Å². The topological polar surface area (TPSA) is 20.2 Å². The predicted octanol–water partition coefficient (Wildman–Crippen LogP) is 3.94. The summed E-state index contributed by atoms with van der Waals surface area (Å²) in [5.74, 6) is 0. The maximum Gasteiger partial charge on any atom is 0.0591 e. The minimum Gasteiger partial charge on any atom is -0.390 e. The molecule has 0 aliphatic rings. The molecule has 0 saturated carbocycles. The van der Waals surface area contributed by atoms with Gasteiger partial charge in [-0.15, -0.1) is 0 Å². The molecule has 17 heavy (non-hydrogen) atoms. The van der Waals surface area contributed by atoms with Crippen LogP contribution in [0, 0.1) is 19.1 Å². The molecule has 1 aromatic carbocycles. The molecule has 0 spiro atoms. The molecule has 0 fully saturated rings. The molecular weight excluding hydrogens is 208 g/mol. The second-order valence-corrected chi connectivity index (χ2v) is 5.22. The first-order chi connectivity index (χ1) is 7.97. The smallest absolute Gasteiger partial charge is 0.0591 e. The fourth-order valence-corrected chi connectivity index (χ4v) is 1.68. The molecule has 0 unspecified atom stereocenters. The molecule has 0 aliphatic carbocycles. The Labute approximate surface area is 105 Å². The highest BCUT2D eigenvalue weighted by Crippen LogP contribution is 2.13. The highest BCUT2D eigenvalue weighted by Gasteiger charge is 2.10. The monoisotopic (exact) mass is 230 g/mol. The van der Waals surface area contributed by atoms with Crippen molar-refractivity contribution in [3.05, 3.63) is 41.5 Å². The van der Waals surface area contributed by atoms with Gasteiger partial charge in [-0.25, -0.2) is 0 Å². The van der Waals surface area contributed by atoms with Crippen LogP contribution in [-0.2, 0) is 0 Å². The molecular formula is C16H22O. The van der Waals surface area contributed by atoms with Gasteiger partial charge in [0.15, 0.2) is 0 Å². The highest BCUT2D eigenvalue weighted by atomic mass is 16.3. The van der Waals surface area contributed by atoms with Gasteiger partial charge in [-0.2, -0.15) is 0 Å². The maximum atomic E-state index is 9.56. The van der Waals surface area contributed by atoms with E-state index >= 15 is 0 Å². The van der Waals surface area contributed by atoms with Crippen LogP contribution in [-0.4, -0.2) is 10.7 Å². The summed E-state index contributed by atoms with van der Waals surface area (Å²) in [6.07, 6.45) is 8.37. The summed E-state index contributed by atoms with van der Waals surface area (Å²) in [6, 6.07) is 10.1. The lowest BCUT2D eigenvalue weighted by Gasteiger charge is -2.15. The van der Waals surface area contributed by atoms with Gasteiger partial charge in [0.05, 0.1) is 5.60 Å². The van der Waals surface area contributed by atoms with Crippen LogP contribution in [0.15, 0.2) is 18.2 Å². The Kier molecular flexibility index (Phi) is 5.25. The summed E-state index contributed by atoms with van der Waals surface area (Å²) >= 11 is 0. The molecule has 0 aliphatic heterocycles. The Morgan fingerprint density at radius 3 is 2.76 bits per heavy atom. The van der Waals surface area contributed by atoms with E-state index in [4.69, 9.17) is 0 Å². The summed E-state index contributed by atoms with van der Waals surface area (Å²) in [5, 5.41) is 9.56. The molecule has 0 amide bonds. The van der Waals surface area contributed by atoms with Gasteiger partial charge in [0.1, 0.15) is 0 Å². The van der Waals surface area contributed by atoms with Crippen molar-refractivity contribution >= 4 is 6.08 Å². The van der Waals surface area contributed by atoms with E-state index in [2.05, 4.69) is 37.3 Å². The normalized spacial score (nSPS) is 11.8. The van der Waals surface area contributed by atoms with Crippen molar-refractivity contribution in [1.29, 1.82) is 0 Å². The van der Waals surface area contributed by atoms with E-state index in [1.807, 2.05) is 19.9 Å². The Bertz CT molecular complexity index is 358. The van der Waals surface area contributed by atoms with Crippen molar-refractivity contribution in [2.24, 2.45) is 0 Å². The van der Waals surface area contributed by atoms with E-state index in [1.165, 1.54) is 5.56 Å². The number of unbranched alkanes of at least 4 members (excludes halogenated alkanes) is 2. The Hall–Kier alpha value is -1.26. The molecule has 0 saturated heterocycles. The van der Waals surface area contributed by atoms with Crippen molar-refractivity contribution in [3.8, 4) is 0 Å². The minimum absolute atomic E-state index is 0.525. The second-order valence-electron chi connectivity index (χ2n) is 5.22. The lowest BCUT2D eigenvalue weighted by molar-refractivity contribution is 0.0683. The van der Waals surface area contributed by atoms with Crippen molar-refractivity contribution in [2.75, 3.05) is 0 Å². The number of hydrogen-bond acceptors (Lipinski definition) is 1. The average Bonchev–Trinajstić information content (AvgIpc) is 2.22. The average molecular weight is 230 g/mol. The fraction of sp³-hybridized carbons (Fsp3) is 0.500. The van der Waals surface area contributed by atoms with E-state index in [-0.39, 0.29) is 0 Å². The van der Waals surface area contributed by atoms with E-state index in [9.17, 15) is 5.11 Å². The molecule has 0 aromatic heterocycles. The lowest BCUT2D eigenvalue weighted by atomic mass is 10.0. The molecule has 1 heteroatoms. The van der Waals surface area contributed by atoms with Crippen molar-refractivity contribution in [2.45, 2.75) is 52.1 Å². The van der Waals surface area contributed by atoms with Crippen molar-refractivity contribution < 1.29 is 5.11 Å². The third-order valence-electron chi connectivity index (χ3n) is 2.61. The van der Waals surface area contributed by atoms with E-state index in [0.29, 0.717) is 0 Å². The largest absolute Gasteiger partial charge is 0.390 e. The van der Waals surface area contributed by atoms with Gasteiger partial charge in [-0.3, -0.25) is 0 Å². The first-order valence-corrected chi connectivity index (χ1v) is 6.26. The number of rotatable bonds is 6. The lowest BCUT2D eigenvalue weighted by Crippen LogP contribution is -2.17. The maximum absolute atomic E-state index is 9.56. The first-order valence-electron chi connectivity index (χ1n) is 6.26. The van der Waals surface area contributed by atoms with Crippen LogP contribution in [0.1, 0.15) is 50.7 Å². The molecule has 1 aromatic rings. The number of aliphatic hydroxyl groups is 1. The molecule has 92 valence electrons. The molecule has 1 rings (SSSR count). The molecule has 0 heterocycles. The van der Waals surface area contributed by atoms with Gasteiger partial charge in [0.2, 0.25) is 0 Å². The molecule has 0 bridgehead atoms. The summed E-state index contributed by atoms with van der Waals surface area (Å²) in [4.78, 5) is 0. The van der Waals surface area contributed by atoms with Gasteiger partial charge in [0.25, 0.3) is 0 Å². The van der Waals surface area contributed by atoms with Crippen LogP contribution in [0.5, 0.6) is 0 Å². The number of allylic oxidation sites excluding steroid dienone is 1. The third-order valence-corrected chi connectivity index (χ3v) is 2.61. The Morgan fingerprint density at radius 1 is 1.35 bits per heavy atom. The zero-order chi connectivity index (χ0) is 12.7. The standard InChI is InChI=1S/C16H22O/c1-14-9-8-11-15(13-14)10-6-4-5-7-12-16(2,3)17/h6,9-10,13,17H,4-5,7,12H2,1-3H3/b10-6+. The molecule has 0 atom stereocenters. The second kappa shape index (κ2) is 6.47. The van der Waals surface area contributed by atoms with Crippen molar-refractivity contribution in [1.82, 2.24) is 0 Å². The zero-order valence-corrected chi connectivity index (χ0v) is 11.1. The minimum atomic E-state index is -0.525. The van der Waals surface area contributed by atoms with Crippen LogP contribution in [0.4, 0.5) is 0 Å². The SMILES string of the molecule is Cc1cc#cc(/C=C/CCCCC(C)(C)O)c1. The van der Waals surface area contributed by atoms with Crippen molar-refractivity contribution in [3.63, 3.8) is 0 Å². The fourth-order valence-electron chi connectivity index (χ4n) is 1.68. The van der Waals surface area contributed by atoms with Crippen LogP contribution >= 0.6 is 0 Å². The number of aryl methyl sites for hydroxylation is 1. The third kappa shape index (κ3) is 6.81. The van der Waals surface area contributed by atoms with Crippen LogP contribution in [0.3, 0.4) is 0 Å². The number of hydrogen-bond donors (Lipinski definition) is 1. The summed E-state index contributed by atoms with van der Waals surface area (Å²) in [6.45, 7) is 5.78. The van der Waals surface area contributed by atoms with Crippen LogP contribution < -0.4 is 0 Å². The predicted molar refractivity (Wildman–Crippen MR) is 72.7 cm³/mol. The van der Waals surface area contributed by atoms with Crippen LogP contribution in [0.25, 0.3) is 6.08 Å². The molecule has 0 radical (unpaired) electrons. The Balaban J connectivity index is 2.23. The van der Waals surface area contributed by atoms with Gasteiger partial charge >= 0.3 is 0 Å².